The maximum absolute atomic E-state index is 11.0. The van der Waals surface area contributed by atoms with Crippen LogP contribution in [0.3, 0.4) is 0 Å². The second-order valence-electron chi connectivity index (χ2n) is 5.59. The zero-order chi connectivity index (χ0) is 17.8. The van der Waals surface area contributed by atoms with E-state index in [9.17, 15) is 4.79 Å². The maximum atomic E-state index is 11.0. The number of benzene rings is 2. The van der Waals surface area contributed by atoms with E-state index in [1.54, 1.807) is 18.3 Å². The Bertz CT molecular complexity index is 930. The first-order valence-electron chi connectivity index (χ1n) is 7.80. The van der Waals surface area contributed by atoms with E-state index in [4.69, 9.17) is 5.11 Å². The Morgan fingerprint density at radius 2 is 1.92 bits per heavy atom. The number of rotatable bonds is 5. The largest absolute Gasteiger partial charge is 0.478 e. The summed E-state index contributed by atoms with van der Waals surface area (Å²) >= 11 is 0. The summed E-state index contributed by atoms with van der Waals surface area (Å²) in [4.78, 5) is 11.0. The van der Waals surface area contributed by atoms with Gasteiger partial charge in [-0.05, 0) is 44.2 Å². The molecule has 0 atom stereocenters. The summed E-state index contributed by atoms with van der Waals surface area (Å²) in [5.41, 5.74) is 7.45. The summed E-state index contributed by atoms with van der Waals surface area (Å²) in [7, 11) is 0. The summed E-state index contributed by atoms with van der Waals surface area (Å²) < 4.78 is 1.88. The molecule has 0 bridgehead atoms. The number of hydrazone groups is 1. The first kappa shape index (κ1) is 16.4. The van der Waals surface area contributed by atoms with Crippen LogP contribution in [0.15, 0.2) is 59.7 Å². The van der Waals surface area contributed by atoms with Crippen molar-refractivity contribution >= 4 is 17.9 Å². The molecule has 0 aliphatic heterocycles. The van der Waals surface area contributed by atoms with Crippen LogP contribution in [0.1, 0.15) is 27.3 Å². The van der Waals surface area contributed by atoms with Crippen molar-refractivity contribution < 1.29 is 9.90 Å². The van der Waals surface area contributed by atoms with Gasteiger partial charge in [0, 0.05) is 5.56 Å². The number of hydrogen-bond acceptors (Lipinski definition) is 4. The van der Waals surface area contributed by atoms with E-state index in [0.29, 0.717) is 5.69 Å². The fourth-order valence-corrected chi connectivity index (χ4v) is 2.56. The molecule has 0 amide bonds. The molecule has 0 unspecified atom stereocenters. The van der Waals surface area contributed by atoms with E-state index >= 15 is 0 Å². The van der Waals surface area contributed by atoms with Crippen LogP contribution in [0.5, 0.6) is 0 Å². The van der Waals surface area contributed by atoms with Gasteiger partial charge in [-0.2, -0.15) is 10.2 Å². The van der Waals surface area contributed by atoms with Gasteiger partial charge in [-0.1, -0.05) is 24.3 Å². The molecule has 3 rings (SSSR count). The zero-order valence-corrected chi connectivity index (χ0v) is 14.0. The van der Waals surface area contributed by atoms with E-state index in [1.807, 2.05) is 48.9 Å². The highest BCUT2D eigenvalue weighted by Crippen LogP contribution is 2.16. The summed E-state index contributed by atoms with van der Waals surface area (Å²) in [6, 6.07) is 16.4. The molecule has 0 fully saturated rings. The lowest BCUT2D eigenvalue weighted by atomic mass is 10.2. The maximum Gasteiger partial charge on any atom is 0.335 e. The van der Waals surface area contributed by atoms with Crippen molar-refractivity contribution in [3.63, 3.8) is 0 Å². The van der Waals surface area contributed by atoms with Crippen LogP contribution in [0.2, 0.25) is 0 Å². The molecule has 0 aliphatic carbocycles. The molecule has 0 saturated heterocycles. The van der Waals surface area contributed by atoms with Crippen molar-refractivity contribution in [1.29, 1.82) is 0 Å². The number of aryl methyl sites for hydroxylation is 1. The highest BCUT2D eigenvalue weighted by molar-refractivity contribution is 5.89. The lowest BCUT2D eigenvalue weighted by Gasteiger charge is -2.04. The monoisotopic (exact) mass is 334 g/mol. The van der Waals surface area contributed by atoms with Gasteiger partial charge < -0.3 is 5.11 Å². The Kier molecular flexibility index (Phi) is 4.61. The SMILES string of the molecule is Cc1nn(-c2ccccc2)c(C)c1/C=N\Nc1cccc(C(=O)O)c1. The van der Waals surface area contributed by atoms with Crippen molar-refractivity contribution in [1.82, 2.24) is 9.78 Å². The minimum absolute atomic E-state index is 0.212. The number of hydrogen-bond donors (Lipinski definition) is 2. The van der Waals surface area contributed by atoms with Gasteiger partial charge in [-0.3, -0.25) is 5.43 Å². The van der Waals surface area contributed by atoms with Crippen molar-refractivity contribution in [2.45, 2.75) is 13.8 Å². The number of carboxylic acid groups (broad SMARTS) is 1. The molecule has 0 spiro atoms. The third kappa shape index (κ3) is 3.58. The fourth-order valence-electron chi connectivity index (χ4n) is 2.56. The van der Waals surface area contributed by atoms with Gasteiger partial charge >= 0.3 is 5.97 Å². The smallest absolute Gasteiger partial charge is 0.335 e. The number of nitrogens with one attached hydrogen (secondary N) is 1. The molecule has 6 heteroatoms. The Morgan fingerprint density at radius 3 is 2.64 bits per heavy atom. The molecule has 126 valence electrons. The number of carbonyl (C=O) groups is 1. The quantitative estimate of drug-likeness (QED) is 0.551. The highest BCUT2D eigenvalue weighted by atomic mass is 16.4. The number of para-hydroxylation sites is 1. The summed E-state index contributed by atoms with van der Waals surface area (Å²) in [6.07, 6.45) is 1.70. The first-order valence-corrected chi connectivity index (χ1v) is 7.80. The van der Waals surface area contributed by atoms with Crippen LogP contribution in [-0.4, -0.2) is 27.1 Å². The van der Waals surface area contributed by atoms with E-state index in [0.717, 1.165) is 22.6 Å². The molecular weight excluding hydrogens is 316 g/mol. The number of carboxylic acids is 1. The second-order valence-corrected chi connectivity index (χ2v) is 5.59. The molecule has 2 N–H and O–H groups in total. The third-order valence-corrected chi connectivity index (χ3v) is 3.84. The predicted molar refractivity (Wildman–Crippen MR) is 97.7 cm³/mol. The molecule has 3 aromatic rings. The molecule has 0 radical (unpaired) electrons. The van der Waals surface area contributed by atoms with Gasteiger partial charge in [0.25, 0.3) is 0 Å². The minimum Gasteiger partial charge on any atom is -0.478 e. The van der Waals surface area contributed by atoms with E-state index < -0.39 is 5.97 Å². The molecule has 25 heavy (non-hydrogen) atoms. The average Bonchev–Trinajstić information content (AvgIpc) is 2.91. The second kappa shape index (κ2) is 7.00. The van der Waals surface area contributed by atoms with Crippen molar-refractivity contribution in [2.24, 2.45) is 5.10 Å². The molecule has 0 aliphatic rings. The molecule has 1 heterocycles. The van der Waals surface area contributed by atoms with Crippen molar-refractivity contribution in [3.05, 3.63) is 77.1 Å². The van der Waals surface area contributed by atoms with Crippen LogP contribution in [-0.2, 0) is 0 Å². The number of nitrogens with zero attached hydrogens (tertiary/aromatic N) is 3. The van der Waals surface area contributed by atoms with Crippen molar-refractivity contribution in [2.75, 3.05) is 5.43 Å². The van der Waals surface area contributed by atoms with Gasteiger partial charge in [-0.25, -0.2) is 9.48 Å². The standard InChI is InChI=1S/C19H18N4O2/c1-13-18(14(2)23(22-13)17-9-4-3-5-10-17)12-20-21-16-8-6-7-15(11-16)19(24)25/h3-12,21H,1-2H3,(H,24,25)/b20-12-. The zero-order valence-electron chi connectivity index (χ0n) is 14.0. The number of aromatic nitrogens is 2. The molecule has 0 saturated carbocycles. The Balaban J connectivity index is 1.82. The average molecular weight is 334 g/mol. The number of anilines is 1. The van der Waals surface area contributed by atoms with Crippen LogP contribution in [0.4, 0.5) is 5.69 Å². The molecular formula is C19H18N4O2. The Labute approximate surface area is 145 Å². The normalized spacial score (nSPS) is 11.0. The van der Waals surface area contributed by atoms with Gasteiger partial charge in [0.05, 0.1) is 34.5 Å². The predicted octanol–water partition coefficient (Wildman–Crippen LogP) is 3.63. The minimum atomic E-state index is -0.969. The van der Waals surface area contributed by atoms with E-state index in [-0.39, 0.29) is 5.56 Å². The van der Waals surface area contributed by atoms with Crippen LogP contribution >= 0.6 is 0 Å². The Hall–Kier alpha value is -3.41. The fraction of sp³-hybridized carbons (Fsp3) is 0.105. The van der Waals surface area contributed by atoms with Gasteiger partial charge in [0.1, 0.15) is 0 Å². The lowest BCUT2D eigenvalue weighted by Crippen LogP contribution is -1.99. The molecule has 6 nitrogen and oxygen atoms in total. The Morgan fingerprint density at radius 1 is 1.16 bits per heavy atom. The van der Waals surface area contributed by atoms with Gasteiger partial charge in [0.15, 0.2) is 0 Å². The van der Waals surface area contributed by atoms with E-state index in [1.165, 1.54) is 12.1 Å². The van der Waals surface area contributed by atoms with Crippen LogP contribution in [0.25, 0.3) is 5.69 Å². The topological polar surface area (TPSA) is 79.5 Å². The summed E-state index contributed by atoms with van der Waals surface area (Å²) in [5, 5.41) is 17.8. The lowest BCUT2D eigenvalue weighted by molar-refractivity contribution is 0.0697. The summed E-state index contributed by atoms with van der Waals surface area (Å²) in [5.74, 6) is -0.969. The van der Waals surface area contributed by atoms with Crippen LogP contribution < -0.4 is 5.43 Å². The van der Waals surface area contributed by atoms with Gasteiger partial charge in [0.2, 0.25) is 0 Å². The van der Waals surface area contributed by atoms with Crippen molar-refractivity contribution in [3.8, 4) is 5.69 Å². The van der Waals surface area contributed by atoms with Crippen LogP contribution in [0, 0.1) is 13.8 Å². The summed E-state index contributed by atoms with van der Waals surface area (Å²) in [6.45, 7) is 3.91. The third-order valence-electron chi connectivity index (χ3n) is 3.84. The highest BCUT2D eigenvalue weighted by Gasteiger charge is 2.10. The van der Waals surface area contributed by atoms with E-state index in [2.05, 4.69) is 15.6 Å². The molecule has 2 aromatic carbocycles. The first-order chi connectivity index (χ1) is 12.1. The molecule has 1 aromatic heterocycles. The van der Waals surface area contributed by atoms with Gasteiger partial charge in [-0.15, -0.1) is 0 Å². The number of aromatic carboxylic acids is 1.